The van der Waals surface area contributed by atoms with Gasteiger partial charge in [-0.15, -0.1) is 0 Å². The van der Waals surface area contributed by atoms with Gasteiger partial charge in [-0.2, -0.15) is 0 Å². The maximum atomic E-state index is 12.7. The van der Waals surface area contributed by atoms with Crippen molar-refractivity contribution in [1.29, 1.82) is 0 Å². The highest BCUT2D eigenvalue weighted by Gasteiger charge is 2.41. The molecule has 2 aliphatic heterocycles. The van der Waals surface area contributed by atoms with Crippen LogP contribution in [0.25, 0.3) is 0 Å². The van der Waals surface area contributed by atoms with Crippen molar-refractivity contribution >= 4 is 70.6 Å². The fourth-order valence-corrected chi connectivity index (χ4v) is 6.34. The van der Waals surface area contributed by atoms with Crippen molar-refractivity contribution in [2.24, 2.45) is 0 Å². The first-order chi connectivity index (χ1) is 20.8. The molecule has 2 unspecified atom stereocenters. The molecule has 46 heavy (non-hydrogen) atoms. The van der Waals surface area contributed by atoms with E-state index in [0.717, 1.165) is 33.3 Å². The molecule has 2 atom stereocenters. The van der Waals surface area contributed by atoms with Crippen molar-refractivity contribution in [3.8, 4) is 0 Å². The van der Waals surface area contributed by atoms with Gasteiger partial charge in [-0.25, -0.2) is 0 Å². The first-order valence-corrected chi connectivity index (χ1v) is 15.4. The van der Waals surface area contributed by atoms with E-state index in [1.165, 1.54) is 4.90 Å². The molecule has 0 radical (unpaired) electrons. The molecule has 1 N–H and O–H groups in total. The van der Waals surface area contributed by atoms with Gasteiger partial charge in [0.25, 0.3) is 11.8 Å². The average Bonchev–Trinajstić information content (AvgIpc) is 2.95. The number of esters is 3. The number of hydrogen-bond donors (Lipinski definition) is 1. The summed E-state index contributed by atoms with van der Waals surface area (Å²) in [7, 11) is 0. The maximum absolute atomic E-state index is 12.7. The van der Waals surface area contributed by atoms with Crippen LogP contribution in [0.1, 0.15) is 49.5 Å². The minimum atomic E-state index is -1.14. The molecule has 2 aromatic carbocycles. The highest BCUT2D eigenvalue weighted by atomic mass is 32.2. The van der Waals surface area contributed by atoms with Crippen molar-refractivity contribution in [2.45, 2.75) is 75.4 Å². The minimum absolute atomic E-state index is 0. The third kappa shape index (κ3) is 10.2. The van der Waals surface area contributed by atoms with Crippen LogP contribution in [0.3, 0.4) is 0 Å². The quantitative estimate of drug-likeness (QED) is 0.231. The highest BCUT2D eigenvalue weighted by molar-refractivity contribution is 8.02. The number of hydrogen-bond acceptors (Lipinski definition) is 11. The van der Waals surface area contributed by atoms with E-state index in [0.29, 0.717) is 16.3 Å². The van der Waals surface area contributed by atoms with Crippen LogP contribution >= 0.6 is 23.5 Å². The van der Waals surface area contributed by atoms with Crippen LogP contribution in [0.15, 0.2) is 58.3 Å². The number of rotatable bonds is 8. The van der Waals surface area contributed by atoms with Gasteiger partial charge >= 0.3 is 23.9 Å². The van der Waals surface area contributed by atoms with Gasteiger partial charge in [0.2, 0.25) is 0 Å². The number of ether oxygens (including phenoxy) is 3. The van der Waals surface area contributed by atoms with Crippen LogP contribution in [0.5, 0.6) is 0 Å². The number of para-hydroxylation sites is 2. The molecule has 0 bridgehead atoms. The lowest BCUT2D eigenvalue weighted by Crippen LogP contribution is -2.48. The van der Waals surface area contributed by atoms with Crippen LogP contribution in [-0.2, 0) is 43.0 Å². The summed E-state index contributed by atoms with van der Waals surface area (Å²) < 4.78 is 15.1. The number of nitrogens with zero attached hydrogens (tertiary/aromatic N) is 2. The Morgan fingerprint density at radius 2 is 1.13 bits per heavy atom. The number of aliphatic carboxylic acids is 1. The fourth-order valence-electron chi connectivity index (χ4n) is 4.13. The second-order valence-electron chi connectivity index (χ2n) is 10.3. The highest BCUT2D eigenvalue weighted by Crippen LogP contribution is 2.40. The molecule has 2 aromatic rings. The van der Waals surface area contributed by atoms with Gasteiger partial charge in [-0.3, -0.25) is 38.6 Å². The van der Waals surface area contributed by atoms with Crippen LogP contribution < -0.4 is 9.80 Å². The van der Waals surface area contributed by atoms with Crippen molar-refractivity contribution < 1.29 is 48.1 Å². The normalized spacial score (nSPS) is 16.6. The van der Waals surface area contributed by atoms with E-state index < -0.39 is 58.3 Å². The van der Waals surface area contributed by atoms with Crippen molar-refractivity contribution in [3.05, 3.63) is 48.5 Å². The molecule has 0 aromatic heterocycles. The summed E-state index contributed by atoms with van der Waals surface area (Å²) >= 11 is 2.22. The Hall–Kier alpha value is -4.04. The maximum Gasteiger partial charge on any atom is 0.329 e. The third-order valence-electron chi connectivity index (χ3n) is 5.78. The lowest BCUT2D eigenvalue weighted by atomic mass is 10.2. The Balaban J connectivity index is 0.000000447. The average molecular weight is 679 g/mol. The fraction of sp³-hybridized carbons (Fsp3) is 0.438. The van der Waals surface area contributed by atoms with E-state index in [-0.39, 0.29) is 34.6 Å². The van der Waals surface area contributed by atoms with Crippen molar-refractivity contribution in [3.63, 3.8) is 0 Å². The SMILES string of the molecule is C.C.CCOC(=O)C1Sc2ccccc2N(CC(=O)O)C1=O.CCOC(=O)C1Sc2ccccc2N(CC(=O)OC(C)(C)C)C1=O. The molecular weight excluding hydrogens is 636 g/mol. The lowest BCUT2D eigenvalue weighted by Gasteiger charge is -2.32. The number of carboxylic acids is 1. The van der Waals surface area contributed by atoms with Crippen molar-refractivity contribution in [1.82, 2.24) is 0 Å². The first kappa shape index (κ1) is 40.0. The summed E-state index contributed by atoms with van der Waals surface area (Å²) in [6.07, 6.45) is 0. The Kier molecular flexibility index (Phi) is 15.3. The summed E-state index contributed by atoms with van der Waals surface area (Å²) in [6, 6.07) is 14.0. The molecule has 0 spiro atoms. The van der Waals surface area contributed by atoms with Crippen LogP contribution in [0, 0.1) is 0 Å². The van der Waals surface area contributed by atoms with Crippen molar-refractivity contribution in [2.75, 3.05) is 36.1 Å². The first-order valence-electron chi connectivity index (χ1n) is 13.7. The molecule has 0 fully saturated rings. The number of carboxylic acid groups (broad SMARTS) is 1. The number of anilines is 2. The van der Waals surface area contributed by atoms with E-state index in [1.54, 1.807) is 77.1 Å². The molecule has 0 saturated heterocycles. The molecule has 0 aliphatic carbocycles. The summed E-state index contributed by atoms with van der Waals surface area (Å²) in [5.74, 6) is -3.94. The van der Waals surface area contributed by atoms with E-state index in [1.807, 2.05) is 6.07 Å². The summed E-state index contributed by atoms with van der Waals surface area (Å²) in [5, 5.41) is 6.86. The van der Waals surface area contributed by atoms with E-state index >= 15 is 0 Å². The monoisotopic (exact) mass is 678 g/mol. The van der Waals surface area contributed by atoms with Gasteiger partial charge in [0.15, 0.2) is 10.5 Å². The van der Waals surface area contributed by atoms with Crippen LogP contribution in [0.2, 0.25) is 0 Å². The lowest BCUT2D eigenvalue weighted by molar-refractivity contribution is -0.154. The molecule has 4 rings (SSSR count). The molecule has 2 heterocycles. The van der Waals surface area contributed by atoms with Gasteiger partial charge < -0.3 is 19.3 Å². The van der Waals surface area contributed by atoms with Gasteiger partial charge in [0.05, 0.1) is 24.6 Å². The Bertz CT molecular complexity index is 1430. The Morgan fingerprint density at radius 1 is 0.739 bits per heavy atom. The second kappa shape index (κ2) is 17.6. The standard InChI is InChI=1S/C17H21NO5S.C13H13NO5S.2CH4/c1-5-22-16(21)14-15(20)18(10-13(19)23-17(2,3)4)11-8-6-7-9-12(11)24-14;1-2-19-13(18)11-12(17)14(7-10(15)16)8-5-3-4-6-9(8)20-11;;/h6-9,14H,5,10H2,1-4H3;3-6,11H,2,7H2,1H3,(H,15,16);2*1H4. The number of thioether (sulfide) groups is 2. The second-order valence-corrected chi connectivity index (χ2v) is 12.6. The largest absolute Gasteiger partial charge is 0.480 e. The molecule has 2 amide bonds. The Labute approximate surface area is 278 Å². The predicted octanol–water partition coefficient (Wildman–Crippen LogP) is 4.81. The molecule has 0 saturated carbocycles. The summed E-state index contributed by atoms with van der Waals surface area (Å²) in [4.78, 5) is 75.8. The number of carbonyl (C=O) groups excluding carboxylic acids is 5. The van der Waals surface area contributed by atoms with Crippen LogP contribution in [-0.4, -0.2) is 83.2 Å². The molecule has 252 valence electrons. The third-order valence-corrected chi connectivity index (χ3v) is 8.24. The zero-order valence-electron chi connectivity index (χ0n) is 24.9. The number of benzene rings is 2. The molecule has 14 heteroatoms. The smallest absolute Gasteiger partial charge is 0.329 e. The molecule has 2 aliphatic rings. The minimum Gasteiger partial charge on any atom is -0.480 e. The van der Waals surface area contributed by atoms with Gasteiger partial charge in [0.1, 0.15) is 18.7 Å². The topological polar surface area (TPSA) is 157 Å². The number of carbonyl (C=O) groups is 6. The van der Waals surface area contributed by atoms with E-state index in [4.69, 9.17) is 19.3 Å². The predicted molar refractivity (Wildman–Crippen MR) is 177 cm³/mol. The number of amides is 2. The Morgan fingerprint density at radius 3 is 1.50 bits per heavy atom. The summed E-state index contributed by atoms with van der Waals surface area (Å²) in [6.45, 7) is 8.24. The van der Waals surface area contributed by atoms with Gasteiger partial charge in [-0.1, -0.05) is 62.6 Å². The number of fused-ring (bicyclic) bond motifs is 2. The zero-order valence-corrected chi connectivity index (χ0v) is 26.6. The molecule has 12 nitrogen and oxygen atoms in total. The van der Waals surface area contributed by atoms with Gasteiger partial charge in [0, 0.05) is 9.79 Å². The summed E-state index contributed by atoms with van der Waals surface area (Å²) in [5.41, 5.74) is 0.453. The zero-order chi connectivity index (χ0) is 32.6. The van der Waals surface area contributed by atoms with Gasteiger partial charge in [-0.05, 0) is 58.9 Å². The van der Waals surface area contributed by atoms with E-state index in [2.05, 4.69) is 0 Å². The van der Waals surface area contributed by atoms with E-state index in [9.17, 15) is 28.8 Å². The van der Waals surface area contributed by atoms with Crippen LogP contribution in [0.4, 0.5) is 11.4 Å². The molecular formula is C32H42N2O10S2.